The molecule has 7 heteroatoms. The number of hydrogen-bond donors (Lipinski definition) is 2. The fourth-order valence-electron chi connectivity index (χ4n) is 2.19. The van der Waals surface area contributed by atoms with E-state index in [0.717, 1.165) is 16.8 Å². The minimum absolute atomic E-state index is 0. The van der Waals surface area contributed by atoms with E-state index in [9.17, 15) is 4.79 Å². The van der Waals surface area contributed by atoms with E-state index in [0.29, 0.717) is 6.54 Å². The van der Waals surface area contributed by atoms with Gasteiger partial charge < -0.3 is 10.6 Å². The molecule has 0 atom stereocenters. The van der Waals surface area contributed by atoms with Crippen LogP contribution >= 0.6 is 12.4 Å². The highest BCUT2D eigenvalue weighted by Gasteiger charge is 2.14. The van der Waals surface area contributed by atoms with Crippen LogP contribution in [0, 0.1) is 0 Å². The molecule has 0 bridgehead atoms. The second kappa shape index (κ2) is 8.08. The Kier molecular flexibility index (Phi) is 6.72. The number of aryl methyl sites for hydroxylation is 1. The Morgan fingerprint density at radius 1 is 1.35 bits per heavy atom. The summed E-state index contributed by atoms with van der Waals surface area (Å²) in [7, 11) is 1.88. The van der Waals surface area contributed by atoms with Crippen LogP contribution in [-0.4, -0.2) is 32.8 Å². The van der Waals surface area contributed by atoms with Crippen molar-refractivity contribution in [3.8, 4) is 11.3 Å². The molecule has 0 fully saturated rings. The highest BCUT2D eigenvalue weighted by Crippen LogP contribution is 2.20. The summed E-state index contributed by atoms with van der Waals surface area (Å²) in [5, 5.41) is 10.6. The van der Waals surface area contributed by atoms with Gasteiger partial charge in [0.15, 0.2) is 0 Å². The van der Waals surface area contributed by atoms with Crippen molar-refractivity contribution in [2.75, 3.05) is 6.54 Å². The predicted octanol–water partition coefficient (Wildman–Crippen LogP) is 1.91. The van der Waals surface area contributed by atoms with E-state index >= 15 is 0 Å². The van der Waals surface area contributed by atoms with Crippen LogP contribution in [0.4, 0.5) is 0 Å². The molecule has 2 heterocycles. The van der Waals surface area contributed by atoms with Crippen molar-refractivity contribution < 1.29 is 4.79 Å². The first kappa shape index (κ1) is 19.1. The molecule has 0 spiro atoms. The lowest BCUT2D eigenvalue weighted by Crippen LogP contribution is -2.44. The van der Waals surface area contributed by atoms with Gasteiger partial charge in [0.1, 0.15) is 0 Å². The van der Waals surface area contributed by atoms with Gasteiger partial charge in [-0.2, -0.15) is 5.10 Å². The molecule has 2 N–H and O–H groups in total. The standard InChI is InChI=1S/C16H23N5O.ClH/c1-16(2,3)19-14(22)10-18-9-13-11-21(4)20-15(13)12-6-5-7-17-8-12;/h5-8,11,18H,9-10H2,1-4H3,(H,19,22);1H. The molecule has 0 aliphatic rings. The number of amides is 1. The maximum Gasteiger partial charge on any atom is 0.234 e. The number of hydrogen-bond acceptors (Lipinski definition) is 4. The van der Waals surface area contributed by atoms with E-state index in [-0.39, 0.29) is 30.4 Å². The Balaban J connectivity index is 0.00000264. The third-order valence-electron chi connectivity index (χ3n) is 2.95. The van der Waals surface area contributed by atoms with E-state index < -0.39 is 0 Å². The first-order valence-electron chi connectivity index (χ1n) is 7.30. The van der Waals surface area contributed by atoms with Gasteiger partial charge in [0.05, 0.1) is 12.2 Å². The number of nitrogens with one attached hydrogen (secondary N) is 2. The molecule has 23 heavy (non-hydrogen) atoms. The molecule has 2 rings (SSSR count). The second-order valence-electron chi connectivity index (χ2n) is 6.32. The average molecular weight is 338 g/mol. The lowest BCUT2D eigenvalue weighted by Gasteiger charge is -2.20. The number of nitrogens with zero attached hydrogens (tertiary/aromatic N) is 3. The molecule has 0 unspecified atom stereocenters. The Bertz CT molecular complexity index is 634. The van der Waals surface area contributed by atoms with Crippen molar-refractivity contribution in [1.82, 2.24) is 25.4 Å². The molecule has 0 aromatic carbocycles. The normalized spacial score (nSPS) is 11.0. The van der Waals surface area contributed by atoms with Gasteiger partial charge in [-0.1, -0.05) is 0 Å². The summed E-state index contributed by atoms with van der Waals surface area (Å²) in [5.41, 5.74) is 2.69. The summed E-state index contributed by atoms with van der Waals surface area (Å²) in [4.78, 5) is 15.9. The van der Waals surface area contributed by atoms with Crippen LogP contribution < -0.4 is 10.6 Å². The zero-order chi connectivity index (χ0) is 16.2. The first-order chi connectivity index (χ1) is 10.3. The zero-order valence-electron chi connectivity index (χ0n) is 14.0. The van der Waals surface area contributed by atoms with Gasteiger partial charge >= 0.3 is 0 Å². The van der Waals surface area contributed by atoms with Crippen LogP contribution in [0.3, 0.4) is 0 Å². The lowest BCUT2D eigenvalue weighted by molar-refractivity contribution is -0.121. The average Bonchev–Trinajstić information content (AvgIpc) is 2.79. The summed E-state index contributed by atoms with van der Waals surface area (Å²) >= 11 is 0. The van der Waals surface area contributed by atoms with Gasteiger partial charge in [-0.25, -0.2) is 0 Å². The highest BCUT2D eigenvalue weighted by molar-refractivity contribution is 5.85. The number of rotatable bonds is 5. The van der Waals surface area contributed by atoms with E-state index in [1.54, 1.807) is 17.1 Å². The smallest absolute Gasteiger partial charge is 0.234 e. The van der Waals surface area contributed by atoms with E-state index in [2.05, 4.69) is 20.7 Å². The zero-order valence-corrected chi connectivity index (χ0v) is 14.8. The summed E-state index contributed by atoms with van der Waals surface area (Å²) in [6, 6.07) is 3.86. The van der Waals surface area contributed by atoms with Gasteiger partial charge in [-0.15, -0.1) is 12.4 Å². The summed E-state index contributed by atoms with van der Waals surface area (Å²) in [6.07, 6.45) is 5.48. The number of carbonyl (C=O) groups is 1. The molecule has 2 aromatic rings. The van der Waals surface area contributed by atoms with Crippen LogP contribution in [0.1, 0.15) is 26.3 Å². The molecule has 0 saturated carbocycles. The van der Waals surface area contributed by atoms with Crippen molar-refractivity contribution in [2.24, 2.45) is 7.05 Å². The molecule has 0 radical (unpaired) electrons. The van der Waals surface area contributed by atoms with E-state index in [1.807, 2.05) is 46.1 Å². The lowest BCUT2D eigenvalue weighted by atomic mass is 10.1. The maximum absolute atomic E-state index is 11.8. The molecule has 126 valence electrons. The van der Waals surface area contributed by atoms with Gasteiger partial charge in [0.2, 0.25) is 5.91 Å². The molecule has 2 aromatic heterocycles. The van der Waals surface area contributed by atoms with Crippen molar-refractivity contribution in [2.45, 2.75) is 32.9 Å². The van der Waals surface area contributed by atoms with Crippen molar-refractivity contribution in [3.63, 3.8) is 0 Å². The SMILES string of the molecule is Cl.Cn1cc(CNCC(=O)NC(C)(C)C)c(-c2cccnc2)n1. The summed E-state index contributed by atoms with van der Waals surface area (Å²) < 4.78 is 1.77. The molecule has 0 aliphatic carbocycles. The van der Waals surface area contributed by atoms with Gasteiger partial charge in [0, 0.05) is 48.8 Å². The van der Waals surface area contributed by atoms with Crippen molar-refractivity contribution >= 4 is 18.3 Å². The molecule has 6 nitrogen and oxygen atoms in total. The third-order valence-corrected chi connectivity index (χ3v) is 2.95. The Hall–Kier alpha value is -1.92. The van der Waals surface area contributed by atoms with Gasteiger partial charge in [-0.05, 0) is 32.9 Å². The first-order valence-corrected chi connectivity index (χ1v) is 7.30. The second-order valence-corrected chi connectivity index (χ2v) is 6.32. The molecular formula is C16H24ClN5O. The van der Waals surface area contributed by atoms with E-state index in [4.69, 9.17) is 0 Å². The van der Waals surface area contributed by atoms with E-state index in [1.165, 1.54) is 0 Å². The Labute approximate surface area is 143 Å². The van der Waals surface area contributed by atoms with Crippen LogP contribution in [0.5, 0.6) is 0 Å². The Morgan fingerprint density at radius 3 is 2.70 bits per heavy atom. The predicted molar refractivity (Wildman–Crippen MR) is 93.3 cm³/mol. The molecule has 1 amide bonds. The van der Waals surface area contributed by atoms with Crippen LogP contribution in [0.2, 0.25) is 0 Å². The monoisotopic (exact) mass is 337 g/mol. The van der Waals surface area contributed by atoms with Gasteiger partial charge in [-0.3, -0.25) is 14.5 Å². The fraction of sp³-hybridized carbons (Fsp3) is 0.438. The van der Waals surface area contributed by atoms with Crippen LogP contribution in [0.15, 0.2) is 30.7 Å². The maximum atomic E-state index is 11.8. The number of halogens is 1. The fourth-order valence-corrected chi connectivity index (χ4v) is 2.19. The third kappa shape index (κ3) is 6.00. The van der Waals surface area contributed by atoms with Crippen LogP contribution in [-0.2, 0) is 18.4 Å². The van der Waals surface area contributed by atoms with Crippen molar-refractivity contribution in [1.29, 1.82) is 0 Å². The van der Waals surface area contributed by atoms with Gasteiger partial charge in [0.25, 0.3) is 0 Å². The number of pyridine rings is 1. The summed E-state index contributed by atoms with van der Waals surface area (Å²) in [6.45, 7) is 6.75. The Morgan fingerprint density at radius 2 is 2.09 bits per heavy atom. The quantitative estimate of drug-likeness (QED) is 0.874. The summed E-state index contributed by atoms with van der Waals surface area (Å²) in [5.74, 6) is -0.0145. The molecule has 0 aliphatic heterocycles. The minimum Gasteiger partial charge on any atom is -0.350 e. The number of aromatic nitrogens is 3. The molecule has 0 saturated heterocycles. The molecular weight excluding hydrogens is 314 g/mol. The highest BCUT2D eigenvalue weighted by atomic mass is 35.5. The number of carbonyl (C=O) groups excluding carboxylic acids is 1. The topological polar surface area (TPSA) is 71.8 Å². The largest absolute Gasteiger partial charge is 0.350 e. The van der Waals surface area contributed by atoms with Crippen molar-refractivity contribution in [3.05, 3.63) is 36.3 Å². The van der Waals surface area contributed by atoms with Crippen LogP contribution in [0.25, 0.3) is 11.3 Å². The minimum atomic E-state index is -0.214.